The van der Waals surface area contributed by atoms with Crippen molar-refractivity contribution >= 4 is 5.91 Å². The van der Waals surface area contributed by atoms with Gasteiger partial charge < -0.3 is 9.80 Å². The summed E-state index contributed by atoms with van der Waals surface area (Å²) < 4.78 is 13.0. The Morgan fingerprint density at radius 2 is 1.68 bits per heavy atom. The fraction of sp³-hybridized carbons (Fsp3) is 0.381. The normalized spacial score (nSPS) is 20.6. The topological polar surface area (TPSA) is 23.6 Å². The van der Waals surface area contributed by atoms with Gasteiger partial charge in [0.2, 0.25) is 0 Å². The molecule has 2 aromatic rings. The SMILES string of the molecule is CN1CC[C@](C)(CN(C)C(=O)c2ccc(-c3ccc(F)cc3)cc2)C1. The fourth-order valence-electron chi connectivity index (χ4n) is 3.71. The lowest BCUT2D eigenvalue weighted by atomic mass is 9.89. The van der Waals surface area contributed by atoms with Gasteiger partial charge in [0.15, 0.2) is 0 Å². The molecule has 0 unspecified atom stereocenters. The Kier molecular flexibility index (Phi) is 4.91. The zero-order chi connectivity index (χ0) is 18.0. The highest BCUT2D eigenvalue weighted by molar-refractivity contribution is 5.94. The van der Waals surface area contributed by atoms with Gasteiger partial charge in [-0.05, 0) is 60.8 Å². The fourth-order valence-corrected chi connectivity index (χ4v) is 3.71. The molecule has 3 rings (SSSR count). The van der Waals surface area contributed by atoms with Crippen molar-refractivity contribution in [3.8, 4) is 11.1 Å². The second kappa shape index (κ2) is 6.96. The van der Waals surface area contributed by atoms with E-state index in [1.807, 2.05) is 36.2 Å². The van der Waals surface area contributed by atoms with E-state index in [-0.39, 0.29) is 17.1 Å². The molecule has 1 aliphatic heterocycles. The van der Waals surface area contributed by atoms with E-state index in [4.69, 9.17) is 0 Å². The van der Waals surface area contributed by atoms with E-state index in [2.05, 4.69) is 18.9 Å². The summed E-state index contributed by atoms with van der Waals surface area (Å²) in [7, 11) is 4.00. The first-order valence-electron chi connectivity index (χ1n) is 8.66. The Bertz CT molecular complexity index is 741. The summed E-state index contributed by atoms with van der Waals surface area (Å²) in [4.78, 5) is 16.9. The number of rotatable bonds is 4. The number of nitrogens with zero attached hydrogens (tertiary/aromatic N) is 2. The Hall–Kier alpha value is -2.20. The molecule has 0 bridgehead atoms. The van der Waals surface area contributed by atoms with Gasteiger partial charge in [0.1, 0.15) is 5.82 Å². The van der Waals surface area contributed by atoms with Crippen LogP contribution in [0.4, 0.5) is 4.39 Å². The minimum Gasteiger partial charge on any atom is -0.341 e. The number of halogens is 1. The molecule has 3 nitrogen and oxygen atoms in total. The number of likely N-dealkylation sites (tertiary alicyclic amines) is 1. The summed E-state index contributed by atoms with van der Waals surface area (Å²) in [5, 5.41) is 0. The smallest absolute Gasteiger partial charge is 0.253 e. The molecule has 0 aliphatic carbocycles. The molecule has 1 heterocycles. The molecule has 25 heavy (non-hydrogen) atoms. The molecule has 0 aromatic heterocycles. The van der Waals surface area contributed by atoms with E-state index >= 15 is 0 Å². The van der Waals surface area contributed by atoms with Crippen LogP contribution in [0.3, 0.4) is 0 Å². The van der Waals surface area contributed by atoms with Crippen LogP contribution < -0.4 is 0 Å². The molecule has 1 amide bonds. The Morgan fingerprint density at radius 1 is 1.12 bits per heavy atom. The van der Waals surface area contributed by atoms with E-state index in [1.54, 1.807) is 12.1 Å². The van der Waals surface area contributed by atoms with Gasteiger partial charge in [-0.2, -0.15) is 0 Å². The Balaban J connectivity index is 1.69. The molecular weight excluding hydrogens is 315 g/mol. The molecule has 1 atom stereocenters. The summed E-state index contributed by atoms with van der Waals surface area (Å²) in [6, 6.07) is 13.9. The van der Waals surface area contributed by atoms with Crippen LogP contribution >= 0.6 is 0 Å². The van der Waals surface area contributed by atoms with Gasteiger partial charge in [-0.1, -0.05) is 31.2 Å². The molecule has 2 aromatic carbocycles. The van der Waals surface area contributed by atoms with Crippen LogP contribution in [-0.2, 0) is 0 Å². The number of benzene rings is 2. The molecule has 0 radical (unpaired) electrons. The summed E-state index contributed by atoms with van der Waals surface area (Å²) >= 11 is 0. The van der Waals surface area contributed by atoms with E-state index in [9.17, 15) is 9.18 Å². The lowest BCUT2D eigenvalue weighted by Gasteiger charge is -2.30. The summed E-state index contributed by atoms with van der Waals surface area (Å²) in [6.45, 7) is 5.12. The molecule has 0 N–H and O–H groups in total. The number of hydrogen-bond acceptors (Lipinski definition) is 2. The Labute approximate surface area is 149 Å². The van der Waals surface area contributed by atoms with Crippen LogP contribution in [0.2, 0.25) is 0 Å². The van der Waals surface area contributed by atoms with Crippen LogP contribution in [0.5, 0.6) is 0 Å². The molecule has 0 spiro atoms. The second-order valence-electron chi connectivity index (χ2n) is 7.54. The zero-order valence-electron chi connectivity index (χ0n) is 15.1. The van der Waals surface area contributed by atoms with Gasteiger partial charge in [0.05, 0.1) is 0 Å². The highest BCUT2D eigenvalue weighted by atomic mass is 19.1. The van der Waals surface area contributed by atoms with Gasteiger partial charge >= 0.3 is 0 Å². The number of carbonyl (C=O) groups excluding carboxylic acids is 1. The van der Waals surface area contributed by atoms with Crippen molar-refractivity contribution in [3.05, 3.63) is 59.9 Å². The average Bonchev–Trinajstić information content (AvgIpc) is 2.93. The van der Waals surface area contributed by atoms with Gasteiger partial charge in [-0.15, -0.1) is 0 Å². The quantitative estimate of drug-likeness (QED) is 0.842. The van der Waals surface area contributed by atoms with Crippen molar-refractivity contribution in [2.24, 2.45) is 5.41 Å². The number of amides is 1. The maximum atomic E-state index is 13.0. The first-order chi connectivity index (χ1) is 11.9. The van der Waals surface area contributed by atoms with Crippen LogP contribution in [0.1, 0.15) is 23.7 Å². The number of carbonyl (C=O) groups is 1. The van der Waals surface area contributed by atoms with Gasteiger partial charge in [-0.3, -0.25) is 4.79 Å². The van der Waals surface area contributed by atoms with Crippen molar-refractivity contribution in [3.63, 3.8) is 0 Å². The van der Waals surface area contributed by atoms with Gasteiger partial charge in [0, 0.05) is 25.7 Å². The first-order valence-corrected chi connectivity index (χ1v) is 8.66. The lowest BCUT2D eigenvalue weighted by molar-refractivity contribution is 0.0730. The van der Waals surface area contributed by atoms with Crippen molar-refractivity contribution < 1.29 is 9.18 Å². The molecule has 1 fully saturated rings. The highest BCUT2D eigenvalue weighted by Crippen LogP contribution is 2.30. The molecular formula is C21H25FN2O. The molecule has 0 saturated carbocycles. The molecule has 132 valence electrons. The molecule has 4 heteroatoms. The zero-order valence-corrected chi connectivity index (χ0v) is 15.1. The summed E-state index contributed by atoms with van der Waals surface area (Å²) in [5.41, 5.74) is 2.76. The first kappa shape index (κ1) is 17.6. The maximum absolute atomic E-state index is 13.0. The monoisotopic (exact) mass is 340 g/mol. The largest absolute Gasteiger partial charge is 0.341 e. The van der Waals surface area contributed by atoms with Crippen molar-refractivity contribution in [2.45, 2.75) is 13.3 Å². The van der Waals surface area contributed by atoms with Crippen LogP contribution in [-0.4, -0.2) is 49.4 Å². The minimum atomic E-state index is -0.247. The van der Waals surface area contributed by atoms with Gasteiger partial charge in [-0.25, -0.2) is 4.39 Å². The Morgan fingerprint density at radius 3 is 2.20 bits per heavy atom. The lowest BCUT2D eigenvalue weighted by Crippen LogP contribution is -2.38. The van der Waals surface area contributed by atoms with Crippen LogP contribution in [0.15, 0.2) is 48.5 Å². The van der Waals surface area contributed by atoms with Gasteiger partial charge in [0.25, 0.3) is 5.91 Å². The van der Waals surface area contributed by atoms with Crippen LogP contribution in [0, 0.1) is 11.2 Å². The molecule has 1 saturated heterocycles. The third-order valence-electron chi connectivity index (χ3n) is 5.02. The van der Waals surface area contributed by atoms with Crippen molar-refractivity contribution in [1.29, 1.82) is 0 Å². The second-order valence-corrected chi connectivity index (χ2v) is 7.54. The average molecular weight is 340 g/mol. The van der Waals surface area contributed by atoms with Crippen molar-refractivity contribution in [1.82, 2.24) is 9.80 Å². The predicted octanol–water partition coefficient (Wildman–Crippen LogP) is 3.91. The van der Waals surface area contributed by atoms with E-state index in [0.29, 0.717) is 5.56 Å². The summed E-state index contributed by atoms with van der Waals surface area (Å²) in [5.74, 6) is -0.204. The minimum absolute atomic E-state index is 0.0430. The standard InChI is InChI=1S/C21H25FN2O/c1-21(12-13-23(2)14-21)15-24(3)20(25)18-6-4-16(5-7-18)17-8-10-19(22)11-9-17/h4-11H,12-15H2,1-3H3/t21-/m0/s1. The maximum Gasteiger partial charge on any atom is 0.253 e. The van der Waals surface area contributed by atoms with E-state index in [0.717, 1.165) is 37.2 Å². The van der Waals surface area contributed by atoms with E-state index in [1.165, 1.54) is 12.1 Å². The summed E-state index contributed by atoms with van der Waals surface area (Å²) in [6.07, 6.45) is 1.12. The number of hydrogen-bond donors (Lipinski definition) is 0. The van der Waals surface area contributed by atoms with Crippen molar-refractivity contribution in [2.75, 3.05) is 33.7 Å². The van der Waals surface area contributed by atoms with Crippen LogP contribution in [0.25, 0.3) is 11.1 Å². The third-order valence-corrected chi connectivity index (χ3v) is 5.02. The predicted molar refractivity (Wildman–Crippen MR) is 99.0 cm³/mol. The molecule has 1 aliphatic rings. The third kappa shape index (κ3) is 4.07. The highest BCUT2D eigenvalue weighted by Gasteiger charge is 2.34. The van der Waals surface area contributed by atoms with E-state index < -0.39 is 0 Å².